The van der Waals surface area contributed by atoms with Crippen molar-refractivity contribution in [3.8, 4) is 0 Å². The van der Waals surface area contributed by atoms with E-state index in [1.165, 1.54) is 6.42 Å². The normalized spacial score (nSPS) is 26.6. The fourth-order valence-electron chi connectivity index (χ4n) is 3.45. The van der Waals surface area contributed by atoms with Crippen LogP contribution in [0.15, 0.2) is 10.5 Å². The van der Waals surface area contributed by atoms with Gasteiger partial charge in [0.1, 0.15) is 18.1 Å². The first kappa shape index (κ1) is 14.6. The van der Waals surface area contributed by atoms with Crippen LogP contribution in [0.1, 0.15) is 57.1 Å². The second kappa shape index (κ2) is 5.68. The first-order valence-corrected chi connectivity index (χ1v) is 7.29. The zero-order valence-electron chi connectivity index (χ0n) is 12.7. The van der Waals surface area contributed by atoms with Gasteiger partial charge in [0.2, 0.25) is 0 Å². The van der Waals surface area contributed by atoms with Gasteiger partial charge in [-0.05, 0) is 49.1 Å². The first-order chi connectivity index (χ1) is 8.89. The number of rotatable bonds is 4. The molecule has 2 atom stereocenters. The maximum absolute atomic E-state index is 6.05. The smallest absolute Gasteiger partial charge is 0.130 e. The van der Waals surface area contributed by atoms with Gasteiger partial charge < -0.3 is 14.9 Å². The topological polar surface area (TPSA) is 48.4 Å². The molecule has 1 saturated carbocycles. The molecule has 1 aliphatic rings. The predicted molar refractivity (Wildman–Crippen MR) is 76.7 cm³/mol. The van der Waals surface area contributed by atoms with Gasteiger partial charge in [0.25, 0.3) is 0 Å². The number of aryl methyl sites for hydroxylation is 1. The Hall–Kier alpha value is -0.800. The molecule has 0 saturated heterocycles. The Kier molecular flexibility index (Phi) is 4.36. The van der Waals surface area contributed by atoms with E-state index < -0.39 is 0 Å². The monoisotopic (exact) mass is 265 g/mol. The molecule has 1 heterocycles. The van der Waals surface area contributed by atoms with E-state index in [0.29, 0.717) is 24.7 Å². The maximum atomic E-state index is 6.05. The van der Waals surface area contributed by atoms with Crippen LogP contribution in [-0.4, -0.2) is 6.10 Å². The number of hydrogen-bond acceptors (Lipinski definition) is 3. The summed E-state index contributed by atoms with van der Waals surface area (Å²) < 4.78 is 11.7. The molecule has 2 rings (SSSR count). The predicted octanol–water partition coefficient (Wildman–Crippen LogP) is 3.78. The van der Waals surface area contributed by atoms with Crippen LogP contribution in [0.5, 0.6) is 0 Å². The molecule has 2 N–H and O–H groups in total. The molecule has 19 heavy (non-hydrogen) atoms. The Balaban J connectivity index is 1.91. The van der Waals surface area contributed by atoms with Gasteiger partial charge in [-0.15, -0.1) is 0 Å². The highest BCUT2D eigenvalue weighted by molar-refractivity contribution is 5.19. The zero-order chi connectivity index (χ0) is 14.0. The molecule has 1 fully saturated rings. The van der Waals surface area contributed by atoms with Gasteiger partial charge in [0.15, 0.2) is 0 Å². The van der Waals surface area contributed by atoms with Crippen molar-refractivity contribution in [3.05, 3.63) is 23.2 Å². The van der Waals surface area contributed by atoms with Crippen LogP contribution in [0.25, 0.3) is 0 Å². The molecule has 1 aromatic rings. The number of nitrogens with two attached hydrogens (primary N) is 1. The van der Waals surface area contributed by atoms with Crippen LogP contribution in [0.2, 0.25) is 0 Å². The minimum atomic E-state index is 0.352. The lowest BCUT2D eigenvalue weighted by Gasteiger charge is -2.38. The van der Waals surface area contributed by atoms with E-state index in [1.54, 1.807) is 0 Å². The Morgan fingerprint density at radius 2 is 2.16 bits per heavy atom. The molecule has 1 aromatic heterocycles. The Labute approximate surface area is 116 Å². The maximum Gasteiger partial charge on any atom is 0.130 e. The highest BCUT2D eigenvalue weighted by Crippen LogP contribution is 2.39. The molecule has 0 spiro atoms. The fraction of sp³-hybridized carbons (Fsp3) is 0.750. The molecule has 0 radical (unpaired) electrons. The first-order valence-electron chi connectivity index (χ1n) is 7.29. The van der Waals surface area contributed by atoms with E-state index in [9.17, 15) is 0 Å². The molecular weight excluding hydrogens is 238 g/mol. The summed E-state index contributed by atoms with van der Waals surface area (Å²) in [5.41, 5.74) is 7.14. The van der Waals surface area contributed by atoms with Gasteiger partial charge in [0.05, 0.1) is 12.6 Å². The van der Waals surface area contributed by atoms with E-state index in [0.717, 1.165) is 35.8 Å². The molecule has 0 amide bonds. The van der Waals surface area contributed by atoms with Crippen molar-refractivity contribution < 1.29 is 9.15 Å². The molecule has 0 aromatic carbocycles. The van der Waals surface area contributed by atoms with Crippen molar-refractivity contribution in [2.45, 2.75) is 66.2 Å². The Morgan fingerprint density at radius 3 is 2.74 bits per heavy atom. The SMILES string of the molecule is Cc1cc(COC2CC(C)CC(C)(C)C2)oc1CN. The van der Waals surface area contributed by atoms with Crippen molar-refractivity contribution in [1.29, 1.82) is 0 Å². The van der Waals surface area contributed by atoms with Crippen molar-refractivity contribution in [2.24, 2.45) is 17.1 Å². The fourth-order valence-corrected chi connectivity index (χ4v) is 3.45. The van der Waals surface area contributed by atoms with E-state index in [1.807, 2.05) is 13.0 Å². The van der Waals surface area contributed by atoms with E-state index >= 15 is 0 Å². The van der Waals surface area contributed by atoms with E-state index in [4.69, 9.17) is 14.9 Å². The lowest BCUT2D eigenvalue weighted by atomic mass is 9.71. The Bertz CT molecular complexity index is 422. The van der Waals surface area contributed by atoms with Gasteiger partial charge >= 0.3 is 0 Å². The molecule has 108 valence electrons. The average molecular weight is 265 g/mol. The number of hydrogen-bond donors (Lipinski definition) is 1. The lowest BCUT2D eigenvalue weighted by molar-refractivity contribution is -0.0370. The van der Waals surface area contributed by atoms with Gasteiger partial charge in [-0.25, -0.2) is 0 Å². The van der Waals surface area contributed by atoms with E-state index in [-0.39, 0.29) is 0 Å². The zero-order valence-corrected chi connectivity index (χ0v) is 12.7. The Morgan fingerprint density at radius 1 is 1.42 bits per heavy atom. The highest BCUT2D eigenvalue weighted by Gasteiger charge is 2.32. The van der Waals surface area contributed by atoms with Gasteiger partial charge in [-0.3, -0.25) is 0 Å². The largest absolute Gasteiger partial charge is 0.462 e. The highest BCUT2D eigenvalue weighted by atomic mass is 16.5. The van der Waals surface area contributed by atoms with Crippen LogP contribution >= 0.6 is 0 Å². The number of furan rings is 1. The van der Waals surface area contributed by atoms with Crippen LogP contribution in [0.4, 0.5) is 0 Å². The van der Waals surface area contributed by atoms with Crippen LogP contribution in [0.3, 0.4) is 0 Å². The summed E-state index contributed by atoms with van der Waals surface area (Å²) in [6.07, 6.45) is 3.95. The molecule has 3 heteroatoms. The summed E-state index contributed by atoms with van der Waals surface area (Å²) in [4.78, 5) is 0. The minimum Gasteiger partial charge on any atom is -0.462 e. The molecular formula is C16H27NO2. The third-order valence-electron chi connectivity index (χ3n) is 4.06. The van der Waals surface area contributed by atoms with E-state index in [2.05, 4.69) is 20.8 Å². The average Bonchev–Trinajstić information content (AvgIpc) is 2.64. The summed E-state index contributed by atoms with van der Waals surface area (Å²) in [7, 11) is 0. The molecule has 3 nitrogen and oxygen atoms in total. The summed E-state index contributed by atoms with van der Waals surface area (Å²) in [5, 5.41) is 0. The summed E-state index contributed by atoms with van der Waals surface area (Å²) in [5.74, 6) is 2.51. The van der Waals surface area contributed by atoms with Crippen LogP contribution in [-0.2, 0) is 17.9 Å². The molecule has 0 aliphatic heterocycles. The lowest BCUT2D eigenvalue weighted by Crippen LogP contribution is -2.32. The minimum absolute atomic E-state index is 0.352. The van der Waals surface area contributed by atoms with Gasteiger partial charge in [-0.1, -0.05) is 20.8 Å². The summed E-state index contributed by atoms with van der Waals surface area (Å²) >= 11 is 0. The van der Waals surface area contributed by atoms with Crippen molar-refractivity contribution in [2.75, 3.05) is 0 Å². The summed E-state index contributed by atoms with van der Waals surface area (Å²) in [6.45, 7) is 10.0. The molecule has 1 aliphatic carbocycles. The standard InChI is InChI=1S/C16H27NO2/c1-11-5-13(8-16(3,4)7-11)18-10-14-6-12(2)15(9-17)19-14/h6,11,13H,5,7-10,17H2,1-4H3. The number of ether oxygens (including phenoxy) is 1. The van der Waals surface area contributed by atoms with Crippen LogP contribution < -0.4 is 5.73 Å². The third kappa shape index (κ3) is 3.83. The summed E-state index contributed by atoms with van der Waals surface area (Å²) in [6, 6.07) is 2.04. The molecule has 0 bridgehead atoms. The van der Waals surface area contributed by atoms with Crippen molar-refractivity contribution >= 4 is 0 Å². The quantitative estimate of drug-likeness (QED) is 0.901. The van der Waals surface area contributed by atoms with Crippen molar-refractivity contribution in [1.82, 2.24) is 0 Å². The second-order valence-electron chi connectivity index (χ2n) is 6.87. The molecule has 2 unspecified atom stereocenters. The van der Waals surface area contributed by atoms with Crippen LogP contribution in [0, 0.1) is 18.3 Å². The van der Waals surface area contributed by atoms with Crippen molar-refractivity contribution in [3.63, 3.8) is 0 Å². The van der Waals surface area contributed by atoms with Gasteiger partial charge in [-0.2, -0.15) is 0 Å². The third-order valence-corrected chi connectivity index (χ3v) is 4.06. The second-order valence-corrected chi connectivity index (χ2v) is 6.87. The van der Waals surface area contributed by atoms with Gasteiger partial charge in [0, 0.05) is 0 Å².